The maximum atomic E-state index is 5.43. The van der Waals surface area contributed by atoms with Crippen LogP contribution in [0.15, 0.2) is 206 Å². The molecular weight excluding hydrogens is 729 g/mol. The second-order valence-electron chi connectivity index (χ2n) is 15.7. The Hall–Kier alpha value is -8.08. The molecule has 278 valence electrons. The number of hydrogen-bond acceptors (Lipinski definition) is 2. The molecule has 0 N–H and O–H groups in total. The highest BCUT2D eigenvalue weighted by molar-refractivity contribution is 6.29. The lowest BCUT2D eigenvalue weighted by Gasteiger charge is -2.14. The minimum absolute atomic E-state index is 0.652. The van der Waals surface area contributed by atoms with Crippen LogP contribution in [0.1, 0.15) is 0 Å². The summed E-state index contributed by atoms with van der Waals surface area (Å²) in [5.41, 5.74) is 10.9. The van der Waals surface area contributed by atoms with E-state index in [1.807, 2.05) is 0 Å². The van der Waals surface area contributed by atoms with Crippen molar-refractivity contribution in [3.05, 3.63) is 206 Å². The van der Waals surface area contributed by atoms with Gasteiger partial charge in [0.05, 0.1) is 33.3 Å². The van der Waals surface area contributed by atoms with Crippen LogP contribution in [0, 0.1) is 0 Å². The van der Waals surface area contributed by atoms with Crippen LogP contribution in [0.25, 0.3) is 121 Å². The molecule has 0 radical (unpaired) electrons. The first-order valence-electron chi connectivity index (χ1n) is 20.5. The smallest absolute Gasteiger partial charge is 0.235 e. The van der Waals surface area contributed by atoms with Crippen molar-refractivity contribution in [3.8, 4) is 34.0 Å². The minimum atomic E-state index is 0.652. The van der Waals surface area contributed by atoms with E-state index in [2.05, 4.69) is 215 Å². The van der Waals surface area contributed by atoms with Gasteiger partial charge in [-0.1, -0.05) is 164 Å². The molecule has 0 unspecified atom stereocenters. The molecule has 0 aliphatic rings. The summed E-state index contributed by atoms with van der Waals surface area (Å²) >= 11 is 0. The van der Waals surface area contributed by atoms with Crippen molar-refractivity contribution in [2.45, 2.75) is 0 Å². The van der Waals surface area contributed by atoms with E-state index < -0.39 is 0 Å². The number of hydrogen-bond donors (Lipinski definition) is 0. The van der Waals surface area contributed by atoms with Gasteiger partial charge in [-0.05, 0) is 85.9 Å². The normalized spacial score (nSPS) is 12.0. The van der Waals surface area contributed by atoms with Crippen molar-refractivity contribution in [2.75, 3.05) is 0 Å². The molecule has 0 aliphatic carbocycles. The molecule has 0 aliphatic heterocycles. The second-order valence-corrected chi connectivity index (χ2v) is 15.7. The van der Waals surface area contributed by atoms with E-state index >= 15 is 0 Å². The van der Waals surface area contributed by atoms with Crippen molar-refractivity contribution >= 4 is 86.8 Å². The summed E-state index contributed by atoms with van der Waals surface area (Å²) in [4.78, 5) is 10.7. The van der Waals surface area contributed by atoms with E-state index in [4.69, 9.17) is 9.97 Å². The molecule has 0 saturated heterocycles. The van der Waals surface area contributed by atoms with Crippen LogP contribution in [-0.2, 0) is 0 Å². The summed E-state index contributed by atoms with van der Waals surface area (Å²) in [6.07, 6.45) is 0. The van der Waals surface area contributed by atoms with Gasteiger partial charge in [-0.2, -0.15) is 0 Å². The SMILES string of the molecule is c1ccc(-c2ccc(-c3nc(-n4c5ccccc5c5c6c7ccccc7n(-c7ccc8c9ccccc9c9ccccc9c8c7)c6ccc54)nc4ccccc34)cc2)cc1. The van der Waals surface area contributed by atoms with Gasteiger partial charge >= 0.3 is 0 Å². The number of para-hydroxylation sites is 3. The molecule has 0 bridgehead atoms. The molecule has 13 rings (SSSR count). The molecule has 0 amide bonds. The predicted octanol–water partition coefficient (Wildman–Crippen LogP) is 14.6. The maximum absolute atomic E-state index is 5.43. The Morgan fingerprint density at radius 1 is 0.283 bits per heavy atom. The van der Waals surface area contributed by atoms with Gasteiger partial charge < -0.3 is 4.57 Å². The van der Waals surface area contributed by atoms with Crippen molar-refractivity contribution < 1.29 is 0 Å². The Balaban J connectivity index is 1.07. The summed E-state index contributed by atoms with van der Waals surface area (Å²) in [5, 5.41) is 13.4. The minimum Gasteiger partial charge on any atom is -0.309 e. The Morgan fingerprint density at radius 2 is 0.750 bits per heavy atom. The molecule has 13 aromatic rings. The number of fused-ring (bicyclic) bond motifs is 14. The third-order valence-electron chi connectivity index (χ3n) is 12.5. The van der Waals surface area contributed by atoms with Crippen molar-refractivity contribution in [1.29, 1.82) is 0 Å². The number of nitrogens with zero attached hydrogens (tertiary/aromatic N) is 4. The third-order valence-corrected chi connectivity index (χ3v) is 12.5. The van der Waals surface area contributed by atoms with E-state index in [1.165, 1.54) is 70.5 Å². The fourth-order valence-electron chi connectivity index (χ4n) is 9.88. The second kappa shape index (κ2) is 12.7. The summed E-state index contributed by atoms with van der Waals surface area (Å²) < 4.78 is 4.71. The Kier molecular flexibility index (Phi) is 6.98. The van der Waals surface area contributed by atoms with Crippen LogP contribution in [0.2, 0.25) is 0 Å². The number of aromatic nitrogens is 4. The maximum Gasteiger partial charge on any atom is 0.235 e. The van der Waals surface area contributed by atoms with Gasteiger partial charge in [0.15, 0.2) is 0 Å². The van der Waals surface area contributed by atoms with E-state index in [0.29, 0.717) is 5.95 Å². The summed E-state index contributed by atoms with van der Waals surface area (Å²) in [6, 6.07) is 74.3. The van der Waals surface area contributed by atoms with Crippen LogP contribution in [0.5, 0.6) is 0 Å². The van der Waals surface area contributed by atoms with Gasteiger partial charge in [0.1, 0.15) is 0 Å². The number of benzene rings is 10. The topological polar surface area (TPSA) is 35.6 Å². The number of rotatable bonds is 4. The van der Waals surface area contributed by atoms with Crippen LogP contribution in [0.3, 0.4) is 0 Å². The first kappa shape index (κ1) is 32.9. The molecule has 0 saturated carbocycles. The van der Waals surface area contributed by atoms with Gasteiger partial charge in [-0.15, -0.1) is 0 Å². The highest BCUT2D eigenvalue weighted by Gasteiger charge is 2.23. The highest BCUT2D eigenvalue weighted by atomic mass is 15.2. The average molecular weight is 763 g/mol. The highest BCUT2D eigenvalue weighted by Crippen LogP contribution is 2.44. The monoisotopic (exact) mass is 762 g/mol. The molecule has 60 heavy (non-hydrogen) atoms. The summed E-state index contributed by atoms with van der Waals surface area (Å²) in [7, 11) is 0. The molecule has 3 heterocycles. The van der Waals surface area contributed by atoms with Crippen LogP contribution >= 0.6 is 0 Å². The Morgan fingerprint density at radius 3 is 1.40 bits per heavy atom. The van der Waals surface area contributed by atoms with E-state index in [0.717, 1.165) is 44.4 Å². The molecule has 3 aromatic heterocycles. The predicted molar refractivity (Wildman–Crippen MR) is 252 cm³/mol. The summed E-state index contributed by atoms with van der Waals surface area (Å²) in [6.45, 7) is 0. The lowest BCUT2D eigenvalue weighted by Crippen LogP contribution is -2.03. The van der Waals surface area contributed by atoms with Crippen molar-refractivity contribution in [2.24, 2.45) is 0 Å². The largest absolute Gasteiger partial charge is 0.309 e. The lowest BCUT2D eigenvalue weighted by atomic mass is 9.94. The molecule has 0 atom stereocenters. The molecule has 4 heteroatoms. The molecule has 4 nitrogen and oxygen atoms in total. The lowest BCUT2D eigenvalue weighted by molar-refractivity contribution is 1.01. The van der Waals surface area contributed by atoms with E-state index in [-0.39, 0.29) is 0 Å². The average Bonchev–Trinajstić information content (AvgIpc) is 3.84. The van der Waals surface area contributed by atoms with Crippen molar-refractivity contribution in [1.82, 2.24) is 19.1 Å². The zero-order valence-corrected chi connectivity index (χ0v) is 32.4. The first-order valence-corrected chi connectivity index (χ1v) is 20.5. The van der Waals surface area contributed by atoms with Crippen molar-refractivity contribution in [3.63, 3.8) is 0 Å². The van der Waals surface area contributed by atoms with Crippen LogP contribution in [0.4, 0.5) is 0 Å². The van der Waals surface area contributed by atoms with E-state index in [9.17, 15) is 0 Å². The molecule has 10 aromatic carbocycles. The Bertz CT molecular complexity index is 3840. The Labute approximate surface area is 344 Å². The van der Waals surface area contributed by atoms with Gasteiger partial charge in [-0.3, -0.25) is 4.57 Å². The fourth-order valence-corrected chi connectivity index (χ4v) is 9.88. The quantitative estimate of drug-likeness (QED) is 0.167. The summed E-state index contributed by atoms with van der Waals surface area (Å²) in [5.74, 6) is 0.652. The molecule has 0 fully saturated rings. The first-order chi connectivity index (χ1) is 29.8. The van der Waals surface area contributed by atoms with Gasteiger partial charge in [0.25, 0.3) is 0 Å². The van der Waals surface area contributed by atoms with Crippen LogP contribution < -0.4 is 0 Å². The van der Waals surface area contributed by atoms with Gasteiger partial charge in [0, 0.05) is 38.2 Å². The third kappa shape index (κ3) is 4.73. The van der Waals surface area contributed by atoms with Gasteiger partial charge in [0.2, 0.25) is 5.95 Å². The van der Waals surface area contributed by atoms with Crippen LogP contribution in [-0.4, -0.2) is 19.1 Å². The zero-order chi connectivity index (χ0) is 39.3. The molecule has 0 spiro atoms. The standard InChI is InChI=1S/C56H34N4/c1-2-14-35(15-3-1)36-26-28-37(29-27-36)55-44-20-8-11-23-48(44)57-56(58-55)60-50-25-13-10-22-46(50)54-52(60)33-32-51-53(54)45-21-9-12-24-49(45)59(51)38-30-31-43-41-18-5-4-16-39(41)40-17-6-7-19-42(40)47(43)34-38/h1-34H. The zero-order valence-electron chi connectivity index (χ0n) is 32.4. The molecular formula is C56H34N4. The van der Waals surface area contributed by atoms with E-state index in [1.54, 1.807) is 0 Å². The fraction of sp³-hybridized carbons (Fsp3) is 0. The van der Waals surface area contributed by atoms with Gasteiger partial charge in [-0.25, -0.2) is 9.97 Å².